The number of nitriles is 1. The van der Waals surface area contributed by atoms with Crippen LogP contribution in [0.1, 0.15) is 49.8 Å². The Kier molecular flexibility index (Phi) is 4.64. The van der Waals surface area contributed by atoms with Gasteiger partial charge in [0.2, 0.25) is 0 Å². The molecular weight excluding hydrogens is 294 g/mol. The standard InChI is InChI=1S/C14H18BrNS/c15-12-6-9-17-13(12)10-14(11-16)7-4-2-1-3-5-8-14/h6,9H,1-5,7-8,10H2. The summed E-state index contributed by atoms with van der Waals surface area (Å²) >= 11 is 5.35. The van der Waals surface area contributed by atoms with E-state index in [0.717, 1.165) is 19.3 Å². The summed E-state index contributed by atoms with van der Waals surface area (Å²) in [5.74, 6) is 0. The zero-order valence-electron chi connectivity index (χ0n) is 10.0. The molecule has 1 heterocycles. The zero-order valence-corrected chi connectivity index (χ0v) is 12.4. The highest BCUT2D eigenvalue weighted by Crippen LogP contribution is 2.39. The number of halogens is 1. The van der Waals surface area contributed by atoms with Crippen molar-refractivity contribution in [2.75, 3.05) is 0 Å². The molecule has 0 aliphatic heterocycles. The molecule has 0 saturated heterocycles. The van der Waals surface area contributed by atoms with Gasteiger partial charge in [0.25, 0.3) is 0 Å². The van der Waals surface area contributed by atoms with Crippen LogP contribution < -0.4 is 0 Å². The molecule has 0 radical (unpaired) electrons. The van der Waals surface area contributed by atoms with Gasteiger partial charge < -0.3 is 0 Å². The van der Waals surface area contributed by atoms with E-state index in [1.165, 1.54) is 41.5 Å². The Bertz CT molecular complexity index is 397. The molecule has 0 aromatic carbocycles. The van der Waals surface area contributed by atoms with Gasteiger partial charge in [0.1, 0.15) is 0 Å². The summed E-state index contributed by atoms with van der Waals surface area (Å²) in [7, 11) is 0. The predicted octanol–water partition coefficient (Wildman–Crippen LogP) is 5.31. The van der Waals surface area contributed by atoms with Crippen LogP contribution in [-0.2, 0) is 6.42 Å². The Morgan fingerprint density at radius 3 is 2.41 bits per heavy atom. The fraction of sp³-hybridized carbons (Fsp3) is 0.643. The average Bonchev–Trinajstić information content (AvgIpc) is 2.68. The van der Waals surface area contributed by atoms with Crippen LogP contribution in [0.5, 0.6) is 0 Å². The lowest BCUT2D eigenvalue weighted by Gasteiger charge is -2.28. The van der Waals surface area contributed by atoms with Crippen molar-refractivity contribution in [3.63, 3.8) is 0 Å². The highest BCUT2D eigenvalue weighted by Gasteiger charge is 2.31. The summed E-state index contributed by atoms with van der Waals surface area (Å²) in [5, 5.41) is 11.7. The second-order valence-corrected chi connectivity index (χ2v) is 6.88. The Hall–Kier alpha value is -0.330. The van der Waals surface area contributed by atoms with E-state index in [2.05, 4.69) is 33.4 Å². The molecule has 1 aromatic heterocycles. The van der Waals surface area contributed by atoms with E-state index >= 15 is 0 Å². The maximum atomic E-state index is 9.59. The highest BCUT2D eigenvalue weighted by molar-refractivity contribution is 9.10. The lowest BCUT2D eigenvalue weighted by Crippen LogP contribution is -2.22. The van der Waals surface area contributed by atoms with Crippen LogP contribution in [0.15, 0.2) is 15.9 Å². The third-order valence-electron chi connectivity index (χ3n) is 3.74. The molecule has 1 aromatic rings. The smallest absolute Gasteiger partial charge is 0.0693 e. The molecule has 92 valence electrons. The van der Waals surface area contributed by atoms with E-state index in [1.54, 1.807) is 11.3 Å². The van der Waals surface area contributed by atoms with Gasteiger partial charge in [-0.25, -0.2) is 0 Å². The summed E-state index contributed by atoms with van der Waals surface area (Å²) < 4.78 is 1.18. The lowest BCUT2D eigenvalue weighted by molar-refractivity contribution is 0.288. The molecule has 1 nitrogen and oxygen atoms in total. The molecule has 0 unspecified atom stereocenters. The Morgan fingerprint density at radius 1 is 1.24 bits per heavy atom. The van der Waals surface area contributed by atoms with Crippen molar-refractivity contribution in [1.82, 2.24) is 0 Å². The second kappa shape index (κ2) is 6.02. The first-order valence-electron chi connectivity index (χ1n) is 6.39. The highest BCUT2D eigenvalue weighted by atomic mass is 79.9. The van der Waals surface area contributed by atoms with Crippen molar-refractivity contribution in [3.05, 3.63) is 20.8 Å². The summed E-state index contributed by atoms with van der Waals surface area (Å²) in [6.45, 7) is 0. The van der Waals surface area contributed by atoms with Crippen LogP contribution in [-0.4, -0.2) is 0 Å². The fourth-order valence-electron chi connectivity index (χ4n) is 2.67. The van der Waals surface area contributed by atoms with Crippen LogP contribution in [0.3, 0.4) is 0 Å². The monoisotopic (exact) mass is 311 g/mol. The molecule has 1 fully saturated rings. The average molecular weight is 312 g/mol. The summed E-state index contributed by atoms with van der Waals surface area (Å²) in [6, 6.07) is 4.73. The van der Waals surface area contributed by atoms with E-state index in [1.807, 2.05) is 0 Å². The van der Waals surface area contributed by atoms with Crippen molar-refractivity contribution >= 4 is 27.3 Å². The molecule has 3 heteroatoms. The minimum absolute atomic E-state index is 0.103. The molecule has 2 rings (SSSR count). The van der Waals surface area contributed by atoms with Crippen LogP contribution >= 0.6 is 27.3 Å². The Morgan fingerprint density at radius 2 is 1.88 bits per heavy atom. The van der Waals surface area contributed by atoms with Crippen molar-refractivity contribution in [2.24, 2.45) is 5.41 Å². The van der Waals surface area contributed by atoms with Gasteiger partial charge in [-0.1, -0.05) is 32.1 Å². The lowest BCUT2D eigenvalue weighted by atomic mass is 9.75. The largest absolute Gasteiger partial charge is 0.198 e. The van der Waals surface area contributed by atoms with Crippen molar-refractivity contribution in [3.8, 4) is 6.07 Å². The van der Waals surface area contributed by atoms with Crippen LogP contribution in [0, 0.1) is 16.7 Å². The summed E-state index contributed by atoms with van der Waals surface area (Å²) in [5.41, 5.74) is -0.103. The summed E-state index contributed by atoms with van der Waals surface area (Å²) in [4.78, 5) is 1.34. The predicted molar refractivity (Wildman–Crippen MR) is 76.1 cm³/mol. The molecule has 1 aliphatic carbocycles. The molecule has 0 amide bonds. The molecule has 0 N–H and O–H groups in total. The third kappa shape index (κ3) is 3.33. The van der Waals surface area contributed by atoms with E-state index in [-0.39, 0.29) is 5.41 Å². The number of hydrogen-bond acceptors (Lipinski definition) is 2. The Balaban J connectivity index is 2.12. The second-order valence-electron chi connectivity index (χ2n) is 5.03. The van der Waals surface area contributed by atoms with E-state index in [4.69, 9.17) is 0 Å². The van der Waals surface area contributed by atoms with Crippen molar-refractivity contribution < 1.29 is 0 Å². The van der Waals surface area contributed by atoms with Crippen molar-refractivity contribution in [1.29, 1.82) is 5.26 Å². The zero-order chi connectivity index (χ0) is 12.1. The molecule has 0 atom stereocenters. The van der Waals surface area contributed by atoms with E-state index in [9.17, 15) is 5.26 Å². The van der Waals surface area contributed by atoms with Gasteiger partial charge in [-0.2, -0.15) is 5.26 Å². The van der Waals surface area contributed by atoms with E-state index < -0.39 is 0 Å². The number of hydrogen-bond donors (Lipinski definition) is 0. The van der Waals surface area contributed by atoms with Gasteiger partial charge in [-0.3, -0.25) is 0 Å². The molecule has 17 heavy (non-hydrogen) atoms. The van der Waals surface area contributed by atoms with Gasteiger partial charge in [0, 0.05) is 15.8 Å². The number of rotatable bonds is 2. The molecule has 1 aliphatic rings. The third-order valence-corrected chi connectivity index (χ3v) is 5.66. The number of thiophene rings is 1. The van der Waals surface area contributed by atoms with Crippen LogP contribution in [0.2, 0.25) is 0 Å². The quantitative estimate of drug-likeness (QED) is 0.726. The first kappa shape index (κ1) is 13.1. The number of nitrogens with zero attached hydrogens (tertiary/aromatic N) is 1. The summed E-state index contributed by atoms with van der Waals surface area (Å²) in [6.07, 6.45) is 9.48. The SMILES string of the molecule is N#CC1(Cc2sccc2Br)CCCCCCC1. The fourth-order valence-corrected chi connectivity index (χ4v) is 4.31. The van der Waals surface area contributed by atoms with Gasteiger partial charge in [-0.15, -0.1) is 11.3 Å². The first-order chi connectivity index (χ1) is 8.26. The molecular formula is C14H18BrNS. The van der Waals surface area contributed by atoms with Crippen LogP contribution in [0.4, 0.5) is 0 Å². The minimum Gasteiger partial charge on any atom is -0.198 e. The molecule has 0 bridgehead atoms. The minimum atomic E-state index is -0.103. The maximum Gasteiger partial charge on any atom is 0.0693 e. The van der Waals surface area contributed by atoms with Gasteiger partial charge in [0.05, 0.1) is 11.5 Å². The normalized spacial score (nSPS) is 20.2. The van der Waals surface area contributed by atoms with Gasteiger partial charge >= 0.3 is 0 Å². The first-order valence-corrected chi connectivity index (χ1v) is 8.06. The maximum absolute atomic E-state index is 9.59. The van der Waals surface area contributed by atoms with Gasteiger partial charge in [-0.05, 0) is 40.2 Å². The molecule has 0 spiro atoms. The Labute approximate surface area is 116 Å². The van der Waals surface area contributed by atoms with Crippen LogP contribution in [0.25, 0.3) is 0 Å². The molecule has 1 saturated carbocycles. The van der Waals surface area contributed by atoms with E-state index in [0.29, 0.717) is 0 Å². The topological polar surface area (TPSA) is 23.8 Å². The van der Waals surface area contributed by atoms with Crippen molar-refractivity contribution in [2.45, 2.75) is 51.4 Å². The van der Waals surface area contributed by atoms with Gasteiger partial charge in [0.15, 0.2) is 0 Å².